The Hall–Kier alpha value is -2.33. The Kier molecular flexibility index (Phi) is 4.17. The lowest BCUT2D eigenvalue weighted by molar-refractivity contribution is 0.483. The molecule has 0 saturated heterocycles. The first-order valence-electron chi connectivity index (χ1n) is 6.51. The van der Waals surface area contributed by atoms with E-state index in [4.69, 9.17) is 4.74 Å². The van der Waals surface area contributed by atoms with Crippen molar-refractivity contribution < 1.29 is 4.74 Å². The zero-order chi connectivity index (χ0) is 14.5. The number of benzene rings is 2. The molecule has 104 valence electrons. The van der Waals surface area contributed by atoms with Gasteiger partial charge in [0.05, 0.1) is 0 Å². The molecule has 0 bridgehead atoms. The Morgan fingerprint density at radius 3 is 2.19 bits per heavy atom. The van der Waals surface area contributed by atoms with E-state index in [1.165, 1.54) is 0 Å². The molecule has 0 aliphatic heterocycles. The largest absolute Gasteiger partial charge is 0.457 e. The Balaban J connectivity index is 1.68. The number of para-hydroxylation sites is 1. The van der Waals surface area contributed by atoms with Crippen LogP contribution >= 0.6 is 15.9 Å². The highest BCUT2D eigenvalue weighted by Gasteiger charge is 1.99. The zero-order valence-electron chi connectivity index (χ0n) is 11.2. The van der Waals surface area contributed by atoms with E-state index in [9.17, 15) is 0 Å². The molecule has 1 aromatic heterocycles. The zero-order valence-corrected chi connectivity index (χ0v) is 12.7. The summed E-state index contributed by atoms with van der Waals surface area (Å²) in [6, 6.07) is 21.4. The van der Waals surface area contributed by atoms with Crippen molar-refractivity contribution in [2.75, 3.05) is 5.32 Å². The molecule has 3 aromatic rings. The minimum atomic E-state index is 0.801. The smallest absolute Gasteiger partial charge is 0.130 e. The summed E-state index contributed by atoms with van der Waals surface area (Å²) in [5, 5.41) is 3.23. The summed E-state index contributed by atoms with van der Waals surface area (Å²) < 4.78 is 6.71. The standard InChI is InChI=1S/C17H13BrN2O/c18-13-6-11-17(19-12-13)20-14-7-9-16(10-8-14)21-15-4-2-1-3-5-15/h1-12H,(H,19,20). The Morgan fingerprint density at radius 2 is 1.52 bits per heavy atom. The van der Waals surface area contributed by atoms with Crippen molar-refractivity contribution >= 4 is 27.4 Å². The van der Waals surface area contributed by atoms with Gasteiger partial charge in [0.2, 0.25) is 0 Å². The summed E-state index contributed by atoms with van der Waals surface area (Å²) in [6.45, 7) is 0. The van der Waals surface area contributed by atoms with Crippen LogP contribution in [0.1, 0.15) is 0 Å². The van der Waals surface area contributed by atoms with Crippen LogP contribution in [0.15, 0.2) is 77.4 Å². The average Bonchev–Trinajstić information content (AvgIpc) is 2.53. The van der Waals surface area contributed by atoms with E-state index in [0.29, 0.717) is 0 Å². The first kappa shape index (κ1) is 13.6. The van der Waals surface area contributed by atoms with Gasteiger partial charge < -0.3 is 10.1 Å². The topological polar surface area (TPSA) is 34.1 Å². The number of anilines is 2. The monoisotopic (exact) mass is 340 g/mol. The van der Waals surface area contributed by atoms with Gasteiger partial charge in [-0.1, -0.05) is 18.2 Å². The van der Waals surface area contributed by atoms with Crippen LogP contribution in [0.25, 0.3) is 0 Å². The number of nitrogens with one attached hydrogen (secondary N) is 1. The molecule has 0 unspecified atom stereocenters. The highest BCUT2D eigenvalue weighted by atomic mass is 79.9. The first-order valence-corrected chi connectivity index (χ1v) is 7.30. The minimum absolute atomic E-state index is 0.801. The Bertz CT molecular complexity index is 697. The van der Waals surface area contributed by atoms with E-state index < -0.39 is 0 Å². The van der Waals surface area contributed by atoms with Gasteiger partial charge in [0.1, 0.15) is 17.3 Å². The van der Waals surface area contributed by atoms with Crippen LogP contribution in [-0.4, -0.2) is 4.98 Å². The van der Waals surface area contributed by atoms with Crippen molar-refractivity contribution in [1.29, 1.82) is 0 Å². The second-order valence-electron chi connectivity index (χ2n) is 4.43. The van der Waals surface area contributed by atoms with Gasteiger partial charge in [0, 0.05) is 16.4 Å². The van der Waals surface area contributed by atoms with Crippen molar-refractivity contribution in [2.45, 2.75) is 0 Å². The fourth-order valence-corrected chi connectivity index (χ4v) is 2.06. The fraction of sp³-hybridized carbons (Fsp3) is 0. The van der Waals surface area contributed by atoms with Gasteiger partial charge in [0.25, 0.3) is 0 Å². The summed E-state index contributed by atoms with van der Waals surface area (Å²) in [4.78, 5) is 4.27. The number of hydrogen-bond donors (Lipinski definition) is 1. The third-order valence-corrected chi connectivity index (χ3v) is 3.30. The van der Waals surface area contributed by atoms with Crippen LogP contribution in [0.5, 0.6) is 11.5 Å². The maximum Gasteiger partial charge on any atom is 0.130 e. The molecule has 2 aromatic carbocycles. The summed E-state index contributed by atoms with van der Waals surface area (Å²) in [5.41, 5.74) is 0.963. The predicted molar refractivity (Wildman–Crippen MR) is 88.2 cm³/mol. The molecule has 3 rings (SSSR count). The molecule has 3 nitrogen and oxygen atoms in total. The summed E-state index contributed by atoms with van der Waals surface area (Å²) in [6.07, 6.45) is 1.76. The van der Waals surface area contributed by atoms with E-state index in [2.05, 4.69) is 26.2 Å². The van der Waals surface area contributed by atoms with Gasteiger partial charge in [-0.05, 0) is 64.5 Å². The van der Waals surface area contributed by atoms with Crippen molar-refractivity contribution in [1.82, 2.24) is 4.98 Å². The number of nitrogens with zero attached hydrogens (tertiary/aromatic N) is 1. The van der Waals surface area contributed by atoms with Crippen molar-refractivity contribution in [3.05, 3.63) is 77.4 Å². The van der Waals surface area contributed by atoms with Crippen molar-refractivity contribution in [3.63, 3.8) is 0 Å². The molecule has 0 aliphatic rings. The highest BCUT2D eigenvalue weighted by Crippen LogP contribution is 2.24. The highest BCUT2D eigenvalue weighted by molar-refractivity contribution is 9.10. The molecule has 0 saturated carbocycles. The van der Waals surface area contributed by atoms with Crippen LogP contribution < -0.4 is 10.1 Å². The Morgan fingerprint density at radius 1 is 0.810 bits per heavy atom. The quantitative estimate of drug-likeness (QED) is 0.692. The number of ether oxygens (including phenoxy) is 1. The third kappa shape index (κ3) is 3.83. The Labute approximate surface area is 131 Å². The lowest BCUT2D eigenvalue weighted by Crippen LogP contribution is -1.92. The lowest BCUT2D eigenvalue weighted by atomic mass is 10.3. The second kappa shape index (κ2) is 6.41. The maximum absolute atomic E-state index is 5.75. The molecule has 0 spiro atoms. The molecular formula is C17H13BrN2O. The van der Waals surface area contributed by atoms with Gasteiger partial charge in [-0.2, -0.15) is 0 Å². The third-order valence-electron chi connectivity index (χ3n) is 2.83. The van der Waals surface area contributed by atoms with Crippen molar-refractivity contribution in [2.24, 2.45) is 0 Å². The second-order valence-corrected chi connectivity index (χ2v) is 5.34. The molecule has 21 heavy (non-hydrogen) atoms. The molecule has 4 heteroatoms. The molecule has 0 fully saturated rings. The van der Waals surface area contributed by atoms with E-state index in [1.54, 1.807) is 6.20 Å². The van der Waals surface area contributed by atoms with Gasteiger partial charge >= 0.3 is 0 Å². The number of rotatable bonds is 4. The molecule has 0 radical (unpaired) electrons. The minimum Gasteiger partial charge on any atom is -0.457 e. The molecule has 0 aliphatic carbocycles. The summed E-state index contributed by atoms with van der Waals surface area (Å²) in [7, 11) is 0. The number of pyridine rings is 1. The SMILES string of the molecule is Brc1ccc(Nc2ccc(Oc3ccccc3)cc2)nc1. The van der Waals surface area contributed by atoms with Crippen LogP contribution in [0, 0.1) is 0 Å². The predicted octanol–water partition coefficient (Wildman–Crippen LogP) is 5.38. The lowest BCUT2D eigenvalue weighted by Gasteiger charge is -2.08. The number of halogens is 1. The van der Waals surface area contributed by atoms with Gasteiger partial charge in [-0.25, -0.2) is 4.98 Å². The van der Waals surface area contributed by atoms with Crippen molar-refractivity contribution in [3.8, 4) is 11.5 Å². The van der Waals surface area contributed by atoms with E-state index >= 15 is 0 Å². The fourth-order valence-electron chi connectivity index (χ4n) is 1.83. The van der Waals surface area contributed by atoms with Gasteiger partial charge in [-0.3, -0.25) is 0 Å². The molecular weight excluding hydrogens is 328 g/mol. The van der Waals surface area contributed by atoms with Crippen LogP contribution in [0.4, 0.5) is 11.5 Å². The number of hydrogen-bond acceptors (Lipinski definition) is 3. The maximum atomic E-state index is 5.75. The van der Waals surface area contributed by atoms with E-state index in [0.717, 1.165) is 27.5 Å². The summed E-state index contributed by atoms with van der Waals surface area (Å²) in [5.74, 6) is 2.43. The molecule has 0 atom stereocenters. The van der Waals surface area contributed by atoms with Crippen LogP contribution in [0.3, 0.4) is 0 Å². The number of aromatic nitrogens is 1. The first-order chi connectivity index (χ1) is 10.3. The van der Waals surface area contributed by atoms with E-state index in [1.807, 2.05) is 66.7 Å². The van der Waals surface area contributed by atoms with Gasteiger partial charge in [-0.15, -0.1) is 0 Å². The average molecular weight is 341 g/mol. The molecule has 1 heterocycles. The molecule has 0 amide bonds. The summed E-state index contributed by atoms with van der Waals surface area (Å²) >= 11 is 3.37. The van der Waals surface area contributed by atoms with Gasteiger partial charge in [0.15, 0.2) is 0 Å². The van der Waals surface area contributed by atoms with Crippen LogP contribution in [0.2, 0.25) is 0 Å². The van der Waals surface area contributed by atoms with E-state index in [-0.39, 0.29) is 0 Å². The normalized spacial score (nSPS) is 10.1. The van der Waals surface area contributed by atoms with Crippen LogP contribution in [-0.2, 0) is 0 Å². The molecule has 1 N–H and O–H groups in total.